The van der Waals surface area contributed by atoms with E-state index in [9.17, 15) is 23.7 Å². The Morgan fingerprint density at radius 1 is 1.31 bits per heavy atom. The number of primary amides is 1. The number of aromatic nitrogens is 1. The van der Waals surface area contributed by atoms with Crippen LogP contribution in [0.1, 0.15) is 42.4 Å². The Morgan fingerprint density at radius 3 is 2.62 bits per heavy atom. The number of aliphatic hydroxyl groups is 1. The molecule has 0 fully saturated rings. The van der Waals surface area contributed by atoms with Gasteiger partial charge in [-0.05, 0) is 55.2 Å². The van der Waals surface area contributed by atoms with Crippen molar-refractivity contribution in [3.8, 4) is 10.4 Å². The lowest BCUT2D eigenvalue weighted by atomic mass is 9.96. The van der Waals surface area contributed by atoms with Crippen LogP contribution in [-0.2, 0) is 16.6 Å². The minimum Gasteiger partial charge on any atom is -0.386 e. The molecule has 1 aromatic carbocycles. The molecule has 5 N–H and O–H groups in total. The van der Waals surface area contributed by atoms with E-state index >= 15 is 0 Å². The molecule has 1 amide bonds. The summed E-state index contributed by atoms with van der Waals surface area (Å²) in [6, 6.07) is 11.1. The Morgan fingerprint density at radius 2 is 2.03 bits per heavy atom. The van der Waals surface area contributed by atoms with E-state index in [2.05, 4.69) is 10.3 Å². The first-order valence-electron chi connectivity index (χ1n) is 9.80. The van der Waals surface area contributed by atoms with Gasteiger partial charge in [-0.15, -0.1) is 11.3 Å². The number of halogens is 1. The van der Waals surface area contributed by atoms with E-state index in [1.807, 2.05) is 0 Å². The summed E-state index contributed by atoms with van der Waals surface area (Å²) in [4.78, 5) is 26.2. The van der Waals surface area contributed by atoms with Gasteiger partial charge >= 0.3 is 8.03 Å². The molecule has 0 aliphatic rings. The van der Waals surface area contributed by atoms with Crippen molar-refractivity contribution in [1.82, 2.24) is 4.98 Å². The second kappa shape index (κ2) is 9.42. The highest BCUT2D eigenvalue weighted by Crippen LogP contribution is 2.38. The first kappa shape index (κ1) is 23.9. The third kappa shape index (κ3) is 5.55. The summed E-state index contributed by atoms with van der Waals surface area (Å²) in [6.07, 6.45) is 0.318. The van der Waals surface area contributed by atoms with Gasteiger partial charge in [0.05, 0.1) is 11.2 Å². The zero-order valence-corrected chi connectivity index (χ0v) is 19.5. The number of carbonyl (C=O) groups excluding carboxylic acids is 1. The quantitative estimate of drug-likeness (QED) is 0.350. The van der Waals surface area contributed by atoms with Gasteiger partial charge in [0.2, 0.25) is 0 Å². The SMILES string of the molecule is CC(Cc1cccc(Nc2sc(-c3ccc(C(C)(C)O)cc3F)cc2C(N)=O)n1)[P+](=O)O. The number of amides is 1. The lowest BCUT2D eigenvalue weighted by molar-refractivity contribution is 0.0782. The minimum atomic E-state index is -2.31. The Kier molecular flexibility index (Phi) is 7.05. The van der Waals surface area contributed by atoms with E-state index in [4.69, 9.17) is 5.73 Å². The van der Waals surface area contributed by atoms with Crippen LogP contribution in [0.25, 0.3) is 10.4 Å². The number of nitrogens with zero attached hydrogens (tertiary/aromatic N) is 1. The van der Waals surface area contributed by atoms with Gasteiger partial charge in [-0.2, -0.15) is 4.89 Å². The Hall–Kier alpha value is -2.71. The maximum atomic E-state index is 14.8. The number of anilines is 2. The van der Waals surface area contributed by atoms with Crippen LogP contribution in [-0.4, -0.2) is 26.6 Å². The van der Waals surface area contributed by atoms with Crippen molar-refractivity contribution < 1.29 is 23.7 Å². The molecule has 3 rings (SSSR count). The van der Waals surface area contributed by atoms with Gasteiger partial charge in [-0.3, -0.25) is 4.79 Å². The Bertz CT molecular complexity index is 1180. The maximum Gasteiger partial charge on any atom is 0.508 e. The predicted octanol–water partition coefficient (Wildman–Crippen LogP) is 4.68. The molecule has 0 saturated heterocycles. The van der Waals surface area contributed by atoms with Gasteiger partial charge in [0.25, 0.3) is 5.91 Å². The molecule has 168 valence electrons. The van der Waals surface area contributed by atoms with Crippen molar-refractivity contribution in [1.29, 1.82) is 0 Å². The van der Waals surface area contributed by atoms with E-state index in [0.717, 1.165) is 11.3 Å². The minimum absolute atomic E-state index is 0.190. The number of nitrogens with one attached hydrogen (secondary N) is 1. The molecule has 2 aromatic heterocycles. The molecule has 2 heterocycles. The molecule has 0 aliphatic heterocycles. The first-order chi connectivity index (χ1) is 15.0. The van der Waals surface area contributed by atoms with Gasteiger partial charge in [0, 0.05) is 22.6 Å². The van der Waals surface area contributed by atoms with Crippen LogP contribution in [0.5, 0.6) is 0 Å². The molecule has 2 unspecified atom stereocenters. The lowest BCUT2D eigenvalue weighted by Crippen LogP contribution is -2.15. The average Bonchev–Trinajstić information content (AvgIpc) is 3.11. The van der Waals surface area contributed by atoms with Gasteiger partial charge in [-0.25, -0.2) is 9.37 Å². The summed E-state index contributed by atoms with van der Waals surface area (Å²) >= 11 is 1.15. The highest BCUT2D eigenvalue weighted by Gasteiger charge is 2.24. The van der Waals surface area contributed by atoms with E-state index in [1.165, 1.54) is 12.1 Å². The number of nitrogens with two attached hydrogens (primary N) is 1. The molecular weight excluding hydrogens is 452 g/mol. The van der Waals surface area contributed by atoms with Gasteiger partial charge in [0.1, 0.15) is 16.6 Å². The number of pyridine rings is 1. The fourth-order valence-corrected chi connectivity index (χ4v) is 4.50. The molecule has 3 aromatic rings. The summed E-state index contributed by atoms with van der Waals surface area (Å²) in [7, 11) is -2.31. The molecule has 0 spiro atoms. The van der Waals surface area contributed by atoms with E-state index in [0.29, 0.717) is 33.4 Å². The van der Waals surface area contributed by atoms with Gasteiger partial charge in [-0.1, -0.05) is 18.2 Å². The Labute approximate surface area is 190 Å². The molecule has 0 aliphatic carbocycles. The number of hydrogen-bond donors (Lipinski definition) is 4. The first-order valence-corrected chi connectivity index (χ1v) is 11.9. The highest BCUT2D eigenvalue weighted by molar-refractivity contribution is 7.38. The monoisotopic (exact) mass is 476 g/mol. The summed E-state index contributed by atoms with van der Waals surface area (Å²) in [5, 5.41) is 13.6. The standard InChI is InChI=1S/C22H23FN3O4PS/c1-12(31(29)30)9-14-5-4-6-19(25-14)26-21-16(20(24)27)11-18(32-21)15-8-7-13(10-17(15)23)22(2,3)28/h4-8,10-12,28H,9H2,1-3H3,(H3-,24,25,26,27,29,30)/p+1. The fraction of sp³-hybridized carbons (Fsp3) is 0.273. The van der Waals surface area contributed by atoms with Crippen molar-refractivity contribution >= 4 is 36.1 Å². The molecule has 0 radical (unpaired) electrons. The molecule has 0 bridgehead atoms. The zero-order valence-electron chi connectivity index (χ0n) is 17.8. The largest absolute Gasteiger partial charge is 0.508 e. The third-order valence-corrected chi connectivity index (χ3v) is 6.89. The Balaban J connectivity index is 1.93. The van der Waals surface area contributed by atoms with Crippen LogP contribution in [0.15, 0.2) is 42.5 Å². The predicted molar refractivity (Wildman–Crippen MR) is 124 cm³/mol. The van der Waals surface area contributed by atoms with Crippen molar-refractivity contribution in [2.75, 3.05) is 5.32 Å². The number of hydrogen-bond acceptors (Lipinski definition) is 6. The second-order valence-corrected chi connectivity index (χ2v) is 10.5. The van der Waals surface area contributed by atoms with Crippen LogP contribution < -0.4 is 11.1 Å². The number of thiophene rings is 1. The average molecular weight is 476 g/mol. The summed E-state index contributed by atoms with van der Waals surface area (Å²) in [5.41, 5.74) is 5.42. The molecule has 10 heteroatoms. The number of carbonyl (C=O) groups is 1. The second-order valence-electron chi connectivity index (χ2n) is 7.97. The van der Waals surface area contributed by atoms with Crippen LogP contribution in [0.4, 0.5) is 15.2 Å². The van der Waals surface area contributed by atoms with Crippen molar-refractivity contribution in [3.63, 3.8) is 0 Å². The van der Waals surface area contributed by atoms with Crippen molar-refractivity contribution in [3.05, 3.63) is 65.1 Å². The maximum absolute atomic E-state index is 14.8. The summed E-state index contributed by atoms with van der Waals surface area (Å²) in [6.45, 7) is 4.80. The lowest BCUT2D eigenvalue weighted by Gasteiger charge is -2.18. The zero-order chi connectivity index (χ0) is 23.6. The normalized spacial score (nSPS) is 13.0. The summed E-state index contributed by atoms with van der Waals surface area (Å²) in [5.74, 6) is -0.775. The van der Waals surface area contributed by atoms with E-state index in [1.54, 1.807) is 51.1 Å². The van der Waals surface area contributed by atoms with Gasteiger partial charge in [0.15, 0.2) is 5.66 Å². The number of rotatable bonds is 8. The van der Waals surface area contributed by atoms with Crippen molar-refractivity contribution in [2.45, 2.75) is 38.5 Å². The molecule has 2 atom stereocenters. The van der Waals surface area contributed by atoms with Gasteiger partial charge < -0.3 is 16.2 Å². The van der Waals surface area contributed by atoms with E-state index < -0.39 is 31.0 Å². The third-order valence-electron chi connectivity index (χ3n) is 4.87. The van der Waals surface area contributed by atoms with Crippen LogP contribution in [0, 0.1) is 5.82 Å². The van der Waals surface area contributed by atoms with E-state index in [-0.39, 0.29) is 11.1 Å². The number of benzene rings is 1. The van der Waals surface area contributed by atoms with Crippen LogP contribution in [0.3, 0.4) is 0 Å². The van der Waals surface area contributed by atoms with Crippen molar-refractivity contribution in [2.24, 2.45) is 5.73 Å². The molecule has 32 heavy (non-hydrogen) atoms. The van der Waals surface area contributed by atoms with Crippen LogP contribution in [0.2, 0.25) is 0 Å². The smallest absolute Gasteiger partial charge is 0.386 e. The molecule has 0 saturated carbocycles. The topological polar surface area (TPSA) is 126 Å². The molecule has 7 nitrogen and oxygen atoms in total. The highest BCUT2D eigenvalue weighted by atomic mass is 32.1. The van der Waals surface area contributed by atoms with Crippen LogP contribution >= 0.6 is 19.4 Å². The fourth-order valence-electron chi connectivity index (χ4n) is 3.06. The summed E-state index contributed by atoms with van der Waals surface area (Å²) < 4.78 is 26.0. The molecular formula is C22H24FN3O4PS+.